The van der Waals surface area contributed by atoms with Crippen LogP contribution in [0.15, 0.2) is 54.0 Å². The summed E-state index contributed by atoms with van der Waals surface area (Å²) in [5.41, 5.74) is 0.760. The third-order valence-electron chi connectivity index (χ3n) is 4.55. The van der Waals surface area contributed by atoms with E-state index in [9.17, 15) is 4.79 Å². The summed E-state index contributed by atoms with van der Waals surface area (Å²) in [6.07, 6.45) is 3.75. The van der Waals surface area contributed by atoms with E-state index in [1.54, 1.807) is 11.3 Å². The molecule has 0 unspecified atom stereocenters. The van der Waals surface area contributed by atoms with Crippen LogP contribution in [0.2, 0.25) is 0 Å². The van der Waals surface area contributed by atoms with Crippen molar-refractivity contribution in [3.8, 4) is 0 Å². The number of nitrogens with zero attached hydrogens (tertiary/aromatic N) is 2. The van der Waals surface area contributed by atoms with Crippen LogP contribution < -0.4 is 10.2 Å². The second kappa shape index (κ2) is 6.61. The average molecular weight is 337 g/mol. The summed E-state index contributed by atoms with van der Waals surface area (Å²) in [6, 6.07) is 14.1. The van der Waals surface area contributed by atoms with Gasteiger partial charge >= 0.3 is 0 Å². The molecule has 2 heterocycles. The number of piperidine rings is 1. The van der Waals surface area contributed by atoms with Gasteiger partial charge in [0.05, 0.1) is 0 Å². The lowest BCUT2D eigenvalue weighted by molar-refractivity contribution is 0.0933. The number of nitrogens with one attached hydrogen (secondary N) is 1. The van der Waals surface area contributed by atoms with Crippen molar-refractivity contribution in [2.45, 2.75) is 18.9 Å². The number of anilines is 1. The SMILES string of the molecule is O=C(NC1CCN(c2nccs2)CC1)c1cccc2ccccc12. The quantitative estimate of drug-likeness (QED) is 0.793. The van der Waals surface area contributed by atoms with E-state index in [1.165, 1.54) is 0 Å². The Morgan fingerprint density at radius 1 is 1.12 bits per heavy atom. The average Bonchev–Trinajstić information content (AvgIpc) is 3.16. The van der Waals surface area contributed by atoms with Crippen LogP contribution in [0.5, 0.6) is 0 Å². The molecule has 24 heavy (non-hydrogen) atoms. The zero-order chi connectivity index (χ0) is 16.4. The number of fused-ring (bicyclic) bond motifs is 1. The number of aromatic nitrogens is 1. The van der Waals surface area contributed by atoms with Gasteiger partial charge in [0.15, 0.2) is 5.13 Å². The lowest BCUT2D eigenvalue weighted by Gasteiger charge is -2.32. The number of carbonyl (C=O) groups is 1. The summed E-state index contributed by atoms with van der Waals surface area (Å²) in [5.74, 6) is 0.0273. The molecule has 0 bridgehead atoms. The molecule has 1 aliphatic heterocycles. The van der Waals surface area contributed by atoms with Crippen molar-refractivity contribution >= 4 is 33.1 Å². The number of hydrogen-bond donors (Lipinski definition) is 1. The fourth-order valence-corrected chi connectivity index (χ4v) is 3.97. The van der Waals surface area contributed by atoms with Crippen molar-refractivity contribution in [1.29, 1.82) is 0 Å². The first-order valence-electron chi connectivity index (χ1n) is 8.24. The molecule has 0 saturated carbocycles. The maximum atomic E-state index is 12.7. The zero-order valence-electron chi connectivity index (χ0n) is 13.3. The van der Waals surface area contributed by atoms with E-state index in [0.717, 1.165) is 47.4 Å². The highest BCUT2D eigenvalue weighted by Crippen LogP contribution is 2.23. The summed E-state index contributed by atoms with van der Waals surface area (Å²) in [5, 5.41) is 8.40. The van der Waals surface area contributed by atoms with Gasteiger partial charge in [-0.25, -0.2) is 4.98 Å². The van der Waals surface area contributed by atoms with E-state index >= 15 is 0 Å². The summed E-state index contributed by atoms with van der Waals surface area (Å²) < 4.78 is 0. The minimum absolute atomic E-state index is 0.0273. The molecule has 4 nitrogen and oxygen atoms in total. The van der Waals surface area contributed by atoms with Gasteiger partial charge in [-0.05, 0) is 29.7 Å². The Morgan fingerprint density at radius 3 is 2.71 bits per heavy atom. The molecule has 122 valence electrons. The van der Waals surface area contributed by atoms with Crippen LogP contribution >= 0.6 is 11.3 Å². The van der Waals surface area contributed by atoms with Crippen LogP contribution in [0.3, 0.4) is 0 Å². The molecule has 1 amide bonds. The van der Waals surface area contributed by atoms with E-state index in [1.807, 2.05) is 54.0 Å². The van der Waals surface area contributed by atoms with Crippen LogP contribution in [0.25, 0.3) is 10.8 Å². The summed E-state index contributed by atoms with van der Waals surface area (Å²) in [7, 11) is 0. The molecule has 5 heteroatoms. The van der Waals surface area contributed by atoms with Crippen LogP contribution in [0.1, 0.15) is 23.2 Å². The summed E-state index contributed by atoms with van der Waals surface area (Å²) in [4.78, 5) is 19.4. The van der Waals surface area contributed by atoms with E-state index in [4.69, 9.17) is 0 Å². The molecule has 3 aromatic rings. The first-order chi connectivity index (χ1) is 11.8. The summed E-state index contributed by atoms with van der Waals surface area (Å²) in [6.45, 7) is 1.88. The minimum atomic E-state index is 0.0273. The van der Waals surface area contributed by atoms with Crippen molar-refractivity contribution in [2.75, 3.05) is 18.0 Å². The minimum Gasteiger partial charge on any atom is -0.349 e. The Morgan fingerprint density at radius 2 is 1.92 bits per heavy atom. The maximum Gasteiger partial charge on any atom is 0.252 e. The molecular formula is C19H19N3OS. The molecule has 1 aliphatic rings. The van der Waals surface area contributed by atoms with Gasteiger partial charge in [0.1, 0.15) is 0 Å². The molecule has 0 aliphatic carbocycles. The van der Waals surface area contributed by atoms with Gasteiger partial charge in [-0.3, -0.25) is 4.79 Å². The highest BCUT2D eigenvalue weighted by molar-refractivity contribution is 7.13. The van der Waals surface area contributed by atoms with Gasteiger partial charge < -0.3 is 10.2 Å². The third-order valence-corrected chi connectivity index (χ3v) is 5.39. The monoisotopic (exact) mass is 337 g/mol. The zero-order valence-corrected chi connectivity index (χ0v) is 14.1. The number of thiazole rings is 1. The fourth-order valence-electron chi connectivity index (χ4n) is 3.27. The number of amides is 1. The van der Waals surface area contributed by atoms with E-state index < -0.39 is 0 Å². The van der Waals surface area contributed by atoms with Crippen molar-refractivity contribution < 1.29 is 4.79 Å². The Hall–Kier alpha value is -2.40. The maximum absolute atomic E-state index is 12.7. The van der Waals surface area contributed by atoms with Crippen molar-refractivity contribution in [1.82, 2.24) is 10.3 Å². The van der Waals surface area contributed by atoms with Gasteiger partial charge in [-0.1, -0.05) is 36.4 Å². The molecule has 1 saturated heterocycles. The lowest BCUT2D eigenvalue weighted by Crippen LogP contribution is -2.44. The Bertz CT molecular complexity index is 833. The Labute approximate surface area is 145 Å². The molecule has 1 N–H and O–H groups in total. The highest BCUT2D eigenvalue weighted by Gasteiger charge is 2.22. The topological polar surface area (TPSA) is 45.2 Å². The number of benzene rings is 2. The largest absolute Gasteiger partial charge is 0.349 e. The lowest BCUT2D eigenvalue weighted by atomic mass is 10.0. The number of carbonyl (C=O) groups excluding carboxylic acids is 1. The van der Waals surface area contributed by atoms with E-state index in [-0.39, 0.29) is 11.9 Å². The van der Waals surface area contributed by atoms with E-state index in [0.29, 0.717) is 0 Å². The number of rotatable bonds is 3. The van der Waals surface area contributed by atoms with Crippen LogP contribution in [-0.2, 0) is 0 Å². The molecule has 0 atom stereocenters. The van der Waals surface area contributed by atoms with Gasteiger partial charge in [0.2, 0.25) is 0 Å². The van der Waals surface area contributed by atoms with Crippen LogP contribution in [0, 0.1) is 0 Å². The fraction of sp³-hybridized carbons (Fsp3) is 0.263. The molecule has 4 rings (SSSR count). The van der Waals surface area contributed by atoms with E-state index in [2.05, 4.69) is 15.2 Å². The predicted molar refractivity (Wildman–Crippen MR) is 98.8 cm³/mol. The summed E-state index contributed by atoms with van der Waals surface area (Å²) >= 11 is 1.67. The highest BCUT2D eigenvalue weighted by atomic mass is 32.1. The van der Waals surface area contributed by atoms with Crippen LogP contribution in [0.4, 0.5) is 5.13 Å². The van der Waals surface area contributed by atoms with Gasteiger partial charge in [0, 0.05) is 36.3 Å². The standard InChI is InChI=1S/C19H19N3OS/c23-18(17-7-3-5-14-4-1-2-6-16(14)17)21-15-8-11-22(12-9-15)19-20-10-13-24-19/h1-7,10,13,15H,8-9,11-12H2,(H,21,23). The second-order valence-corrected chi connectivity index (χ2v) is 6.95. The second-order valence-electron chi connectivity index (χ2n) is 6.08. The molecule has 1 fully saturated rings. The van der Waals surface area contributed by atoms with Crippen molar-refractivity contribution in [3.05, 3.63) is 59.6 Å². The van der Waals surface area contributed by atoms with Crippen LogP contribution in [-0.4, -0.2) is 30.0 Å². The van der Waals surface area contributed by atoms with Gasteiger partial charge in [-0.15, -0.1) is 11.3 Å². The number of hydrogen-bond acceptors (Lipinski definition) is 4. The van der Waals surface area contributed by atoms with Gasteiger partial charge in [0.25, 0.3) is 5.91 Å². The third kappa shape index (κ3) is 2.99. The molecular weight excluding hydrogens is 318 g/mol. The molecule has 0 spiro atoms. The first-order valence-corrected chi connectivity index (χ1v) is 9.12. The Balaban J connectivity index is 1.43. The van der Waals surface area contributed by atoms with Gasteiger partial charge in [-0.2, -0.15) is 0 Å². The van der Waals surface area contributed by atoms with Crippen molar-refractivity contribution in [2.24, 2.45) is 0 Å². The first kappa shape index (κ1) is 15.1. The predicted octanol–water partition coefficient (Wildman–Crippen LogP) is 3.70. The molecule has 1 aromatic heterocycles. The Kier molecular flexibility index (Phi) is 4.17. The normalized spacial score (nSPS) is 15.6. The van der Waals surface area contributed by atoms with Crippen molar-refractivity contribution in [3.63, 3.8) is 0 Å². The molecule has 2 aromatic carbocycles. The molecule has 0 radical (unpaired) electrons. The smallest absolute Gasteiger partial charge is 0.252 e.